The van der Waals surface area contributed by atoms with Gasteiger partial charge < -0.3 is 15.6 Å². The number of likely N-dealkylation sites (tertiary alicyclic amines) is 1. The van der Waals surface area contributed by atoms with Crippen LogP contribution in [-0.2, 0) is 0 Å². The molecular weight excluding hydrogens is 323 g/mol. The molecule has 2 atom stereocenters. The van der Waals surface area contributed by atoms with Gasteiger partial charge in [-0.15, -0.1) is 0 Å². The van der Waals surface area contributed by atoms with Crippen LogP contribution in [0.4, 0.5) is 13.2 Å². The summed E-state index contributed by atoms with van der Waals surface area (Å²) in [5, 5.41) is 0.563. The van der Waals surface area contributed by atoms with Crippen LogP contribution in [0, 0.1) is 18.8 Å². The van der Waals surface area contributed by atoms with Crippen molar-refractivity contribution in [1.29, 1.82) is 0 Å². The smallest absolute Gasteiger partial charge is 0.346 e. The van der Waals surface area contributed by atoms with E-state index in [2.05, 4.69) is 15.0 Å². The summed E-state index contributed by atoms with van der Waals surface area (Å²) in [6.45, 7) is 1.56. The monoisotopic (exact) mass is 341 g/mol. The lowest BCUT2D eigenvalue weighted by molar-refractivity contribution is -0.197. The van der Waals surface area contributed by atoms with Gasteiger partial charge in [0.2, 0.25) is 0 Å². The first-order chi connectivity index (χ1) is 11.3. The van der Waals surface area contributed by atoms with E-state index >= 15 is 0 Å². The van der Waals surface area contributed by atoms with Crippen molar-refractivity contribution < 1.29 is 18.0 Å². The minimum Gasteiger partial charge on any atom is -0.346 e. The lowest BCUT2D eigenvalue weighted by Gasteiger charge is -2.38. The third-order valence-electron chi connectivity index (χ3n) is 4.47. The Morgan fingerprint density at radius 3 is 2.88 bits per heavy atom. The third-order valence-corrected chi connectivity index (χ3v) is 4.47. The molecule has 3 heterocycles. The largest absolute Gasteiger partial charge is 0.392 e. The Morgan fingerprint density at radius 2 is 2.21 bits per heavy atom. The molecule has 3 rings (SSSR count). The zero-order valence-corrected chi connectivity index (χ0v) is 13.1. The Hall–Kier alpha value is -2.16. The molecule has 0 radical (unpaired) electrons. The SMILES string of the molecule is Cc1nc(C(=O)N2CCC(C(F)(F)F)C(CN)C2)c2cc[nH]c2n1. The highest BCUT2D eigenvalue weighted by Gasteiger charge is 2.47. The van der Waals surface area contributed by atoms with Gasteiger partial charge in [0, 0.05) is 25.2 Å². The average molecular weight is 341 g/mol. The lowest BCUT2D eigenvalue weighted by Crippen LogP contribution is -2.50. The summed E-state index contributed by atoms with van der Waals surface area (Å²) in [6.07, 6.45) is -2.79. The van der Waals surface area contributed by atoms with Gasteiger partial charge in [0.1, 0.15) is 17.2 Å². The Labute approximate surface area is 136 Å². The van der Waals surface area contributed by atoms with Crippen LogP contribution in [0.5, 0.6) is 0 Å². The molecule has 9 heteroatoms. The number of aryl methyl sites for hydroxylation is 1. The van der Waals surface area contributed by atoms with E-state index in [9.17, 15) is 18.0 Å². The molecule has 2 unspecified atom stereocenters. The maximum absolute atomic E-state index is 13.1. The van der Waals surface area contributed by atoms with Gasteiger partial charge >= 0.3 is 6.18 Å². The number of piperidine rings is 1. The third kappa shape index (κ3) is 2.95. The summed E-state index contributed by atoms with van der Waals surface area (Å²) in [6, 6.07) is 1.69. The standard InChI is InChI=1S/C15H18F3N5O/c1-8-21-12(10-2-4-20-13(10)22-8)14(24)23-5-3-11(15(16,17)18)9(6-19)7-23/h2,4,9,11H,3,5-7,19H2,1H3,(H,20,21,22). The van der Waals surface area contributed by atoms with Crippen LogP contribution < -0.4 is 5.73 Å². The van der Waals surface area contributed by atoms with E-state index in [0.717, 1.165) is 0 Å². The van der Waals surface area contributed by atoms with Gasteiger partial charge in [-0.1, -0.05) is 0 Å². The van der Waals surface area contributed by atoms with Crippen molar-refractivity contribution in [2.75, 3.05) is 19.6 Å². The van der Waals surface area contributed by atoms with Gasteiger partial charge in [0.05, 0.1) is 11.3 Å². The zero-order chi connectivity index (χ0) is 17.5. The van der Waals surface area contributed by atoms with Gasteiger partial charge in [-0.2, -0.15) is 13.2 Å². The number of amides is 1. The van der Waals surface area contributed by atoms with Crippen molar-refractivity contribution in [2.45, 2.75) is 19.5 Å². The molecule has 0 spiro atoms. The quantitative estimate of drug-likeness (QED) is 0.873. The topological polar surface area (TPSA) is 87.9 Å². The predicted molar refractivity (Wildman–Crippen MR) is 81.2 cm³/mol. The Kier molecular flexibility index (Phi) is 4.20. The second-order valence-corrected chi connectivity index (χ2v) is 6.04. The second-order valence-electron chi connectivity index (χ2n) is 6.04. The summed E-state index contributed by atoms with van der Waals surface area (Å²) < 4.78 is 39.2. The first kappa shape index (κ1) is 16.7. The van der Waals surface area contributed by atoms with Crippen LogP contribution in [0.3, 0.4) is 0 Å². The summed E-state index contributed by atoms with van der Waals surface area (Å²) in [4.78, 5) is 25.5. The van der Waals surface area contributed by atoms with Crippen LogP contribution in [0.1, 0.15) is 22.7 Å². The zero-order valence-electron chi connectivity index (χ0n) is 13.1. The van der Waals surface area contributed by atoms with Crippen molar-refractivity contribution in [2.24, 2.45) is 17.6 Å². The number of nitrogens with one attached hydrogen (secondary N) is 1. The highest BCUT2D eigenvalue weighted by molar-refractivity contribution is 6.03. The number of aromatic amines is 1. The molecule has 1 saturated heterocycles. The number of aromatic nitrogens is 3. The molecule has 1 amide bonds. The summed E-state index contributed by atoms with van der Waals surface area (Å²) in [7, 11) is 0. The van der Waals surface area contributed by atoms with E-state index in [4.69, 9.17) is 5.73 Å². The fourth-order valence-corrected chi connectivity index (χ4v) is 3.25. The van der Waals surface area contributed by atoms with Crippen LogP contribution in [0.25, 0.3) is 11.0 Å². The normalized spacial score (nSPS) is 22.1. The van der Waals surface area contributed by atoms with Crippen molar-refractivity contribution in [3.63, 3.8) is 0 Å². The van der Waals surface area contributed by atoms with E-state index in [1.54, 1.807) is 19.2 Å². The van der Waals surface area contributed by atoms with Crippen molar-refractivity contribution in [3.05, 3.63) is 23.8 Å². The molecule has 24 heavy (non-hydrogen) atoms. The number of hydrogen-bond donors (Lipinski definition) is 2. The molecule has 1 aliphatic heterocycles. The molecule has 2 aromatic rings. The Morgan fingerprint density at radius 1 is 1.46 bits per heavy atom. The van der Waals surface area contributed by atoms with Crippen molar-refractivity contribution >= 4 is 16.9 Å². The van der Waals surface area contributed by atoms with Crippen LogP contribution >= 0.6 is 0 Å². The van der Waals surface area contributed by atoms with Crippen LogP contribution in [0.15, 0.2) is 12.3 Å². The van der Waals surface area contributed by atoms with E-state index < -0.39 is 18.0 Å². The number of carbonyl (C=O) groups is 1. The number of fused-ring (bicyclic) bond motifs is 1. The number of nitrogens with zero attached hydrogens (tertiary/aromatic N) is 3. The number of rotatable bonds is 2. The molecule has 0 saturated carbocycles. The van der Waals surface area contributed by atoms with E-state index in [1.165, 1.54) is 4.90 Å². The van der Waals surface area contributed by atoms with E-state index in [-0.39, 0.29) is 37.7 Å². The number of carbonyl (C=O) groups excluding carboxylic acids is 1. The first-order valence-electron chi connectivity index (χ1n) is 7.69. The molecule has 2 aromatic heterocycles. The van der Waals surface area contributed by atoms with E-state index in [0.29, 0.717) is 16.9 Å². The minimum absolute atomic E-state index is 0.0194. The maximum atomic E-state index is 13.1. The fraction of sp³-hybridized carbons (Fsp3) is 0.533. The minimum atomic E-state index is -4.29. The van der Waals surface area contributed by atoms with Gasteiger partial charge in [0.25, 0.3) is 5.91 Å². The number of hydrogen-bond acceptors (Lipinski definition) is 4. The lowest BCUT2D eigenvalue weighted by atomic mass is 9.85. The molecule has 1 fully saturated rings. The Bertz CT molecular complexity index is 757. The second kappa shape index (κ2) is 6.04. The first-order valence-corrected chi connectivity index (χ1v) is 7.69. The van der Waals surface area contributed by atoms with Gasteiger partial charge in [-0.25, -0.2) is 9.97 Å². The molecule has 3 N–H and O–H groups in total. The van der Waals surface area contributed by atoms with Crippen LogP contribution in [-0.4, -0.2) is 51.6 Å². The van der Waals surface area contributed by atoms with Crippen LogP contribution in [0.2, 0.25) is 0 Å². The highest BCUT2D eigenvalue weighted by Crippen LogP contribution is 2.37. The molecular formula is C15H18F3N5O. The predicted octanol–water partition coefficient (Wildman–Crippen LogP) is 1.87. The van der Waals surface area contributed by atoms with Gasteiger partial charge in [0.15, 0.2) is 0 Å². The fourth-order valence-electron chi connectivity index (χ4n) is 3.25. The summed E-state index contributed by atoms with van der Waals surface area (Å²) >= 11 is 0. The maximum Gasteiger partial charge on any atom is 0.392 e. The number of alkyl halides is 3. The van der Waals surface area contributed by atoms with Gasteiger partial charge in [-0.05, 0) is 26.0 Å². The molecule has 1 aliphatic rings. The average Bonchev–Trinajstić information content (AvgIpc) is 3.00. The highest BCUT2D eigenvalue weighted by atomic mass is 19.4. The molecule has 6 nitrogen and oxygen atoms in total. The molecule has 0 aliphatic carbocycles. The van der Waals surface area contributed by atoms with Crippen molar-refractivity contribution in [3.8, 4) is 0 Å². The summed E-state index contributed by atoms with van der Waals surface area (Å²) in [5.41, 5.74) is 6.26. The number of H-pyrrole nitrogens is 1. The molecule has 130 valence electrons. The number of halogens is 3. The van der Waals surface area contributed by atoms with Crippen molar-refractivity contribution in [1.82, 2.24) is 19.9 Å². The molecule has 0 bridgehead atoms. The summed E-state index contributed by atoms with van der Waals surface area (Å²) in [5.74, 6) is -2.23. The van der Waals surface area contributed by atoms with Gasteiger partial charge in [-0.3, -0.25) is 4.79 Å². The molecule has 0 aromatic carbocycles. The number of nitrogens with two attached hydrogens (primary N) is 1. The van der Waals surface area contributed by atoms with E-state index in [1.807, 2.05) is 0 Å². The Balaban J connectivity index is 1.87.